The Morgan fingerprint density at radius 2 is 1.88 bits per heavy atom. The van der Waals surface area contributed by atoms with Gasteiger partial charge in [0.25, 0.3) is 5.91 Å². The molecule has 32 heavy (non-hydrogen) atoms. The van der Waals surface area contributed by atoms with Gasteiger partial charge in [0.1, 0.15) is 11.3 Å². The summed E-state index contributed by atoms with van der Waals surface area (Å²) in [5.74, 6) is 0.771. The number of aromatic hydroxyl groups is 1. The largest absolute Gasteiger partial charge is 0.507 e. The average Bonchev–Trinajstić information content (AvgIpc) is 3.28. The topological polar surface area (TPSA) is 91.5 Å². The predicted octanol–water partition coefficient (Wildman–Crippen LogP) is 4.75. The van der Waals surface area contributed by atoms with Crippen LogP contribution in [0.1, 0.15) is 56.5 Å². The summed E-state index contributed by atoms with van der Waals surface area (Å²) in [6.45, 7) is 4.86. The second-order valence-corrected chi connectivity index (χ2v) is 10.3. The normalized spacial score (nSPS) is 26.9. The SMILES string of the molecule is CNC(=O)c1cc2cc(-c3ccc(N(C)[C@H]4C[C@]5(C)CC[C@](C)(C4)C5)nn3)c(O)cc2o1. The molecule has 7 heteroatoms. The first kappa shape index (κ1) is 20.8. The summed E-state index contributed by atoms with van der Waals surface area (Å²) >= 11 is 0. The molecule has 0 aliphatic heterocycles. The molecule has 3 aromatic rings. The molecular weight excluding hydrogens is 404 g/mol. The highest BCUT2D eigenvalue weighted by Crippen LogP contribution is 2.58. The molecule has 1 aromatic carbocycles. The number of carbonyl (C=O) groups excluding carboxylic acids is 1. The van der Waals surface area contributed by atoms with Gasteiger partial charge >= 0.3 is 0 Å². The number of nitrogens with zero attached hydrogens (tertiary/aromatic N) is 3. The minimum Gasteiger partial charge on any atom is -0.507 e. The molecule has 0 unspecified atom stereocenters. The number of benzene rings is 1. The van der Waals surface area contributed by atoms with Crippen LogP contribution >= 0.6 is 0 Å². The fourth-order valence-corrected chi connectivity index (χ4v) is 6.00. The highest BCUT2D eigenvalue weighted by Gasteiger charge is 2.50. The van der Waals surface area contributed by atoms with Crippen molar-refractivity contribution in [2.75, 3.05) is 19.0 Å². The van der Waals surface area contributed by atoms with E-state index in [9.17, 15) is 9.90 Å². The lowest BCUT2D eigenvalue weighted by Gasteiger charge is -2.44. The predicted molar refractivity (Wildman–Crippen MR) is 124 cm³/mol. The standard InChI is InChI=1S/C25H30N4O3/c1-24-7-8-25(2,14-24)13-16(12-24)29(4)22-6-5-18(27-28-22)17-9-15-10-21(23(31)26-3)32-20(15)11-19(17)30/h5-6,9-11,16,30H,7-8,12-14H2,1-4H3,(H,26,31)/t16-,24-,25+. The summed E-state index contributed by atoms with van der Waals surface area (Å²) in [6.07, 6.45) is 6.33. The van der Waals surface area contributed by atoms with Gasteiger partial charge < -0.3 is 19.7 Å². The number of fused-ring (bicyclic) bond motifs is 3. The molecule has 2 N–H and O–H groups in total. The molecule has 2 aliphatic carbocycles. The smallest absolute Gasteiger partial charge is 0.286 e. The Bertz CT molecular complexity index is 1170. The van der Waals surface area contributed by atoms with Gasteiger partial charge in [0.05, 0.1) is 5.69 Å². The van der Waals surface area contributed by atoms with Gasteiger partial charge in [-0.1, -0.05) is 13.8 Å². The van der Waals surface area contributed by atoms with Crippen LogP contribution in [0.15, 0.2) is 34.7 Å². The molecule has 2 heterocycles. The molecule has 2 aromatic heterocycles. The summed E-state index contributed by atoms with van der Waals surface area (Å²) in [6, 6.07) is 9.26. The maximum absolute atomic E-state index is 11.8. The Morgan fingerprint density at radius 1 is 1.16 bits per heavy atom. The zero-order valence-electron chi connectivity index (χ0n) is 19.1. The van der Waals surface area contributed by atoms with Crippen molar-refractivity contribution in [3.63, 3.8) is 0 Å². The molecule has 1 amide bonds. The molecular formula is C25H30N4O3. The number of nitrogens with one attached hydrogen (secondary N) is 1. The van der Waals surface area contributed by atoms with Crippen molar-refractivity contribution < 1.29 is 14.3 Å². The van der Waals surface area contributed by atoms with Gasteiger partial charge in [-0.05, 0) is 67.2 Å². The summed E-state index contributed by atoms with van der Waals surface area (Å²) < 4.78 is 5.53. The highest BCUT2D eigenvalue weighted by atomic mass is 16.3. The van der Waals surface area contributed by atoms with E-state index < -0.39 is 0 Å². The number of hydrogen-bond acceptors (Lipinski definition) is 6. The second kappa shape index (κ2) is 7.22. The zero-order chi connectivity index (χ0) is 22.7. The molecule has 2 saturated carbocycles. The van der Waals surface area contributed by atoms with E-state index in [1.165, 1.54) is 38.2 Å². The Kier molecular flexibility index (Phi) is 4.69. The number of phenols is 1. The van der Waals surface area contributed by atoms with E-state index in [1.807, 2.05) is 12.1 Å². The van der Waals surface area contributed by atoms with Gasteiger partial charge in [0, 0.05) is 37.2 Å². The van der Waals surface area contributed by atoms with Gasteiger partial charge in [0.2, 0.25) is 0 Å². The van der Waals surface area contributed by atoms with Crippen molar-refractivity contribution in [3.8, 4) is 17.0 Å². The Morgan fingerprint density at radius 3 is 2.50 bits per heavy atom. The van der Waals surface area contributed by atoms with E-state index >= 15 is 0 Å². The van der Waals surface area contributed by atoms with Crippen molar-refractivity contribution in [3.05, 3.63) is 36.1 Å². The fraction of sp³-hybridized carbons (Fsp3) is 0.480. The number of hydrogen-bond donors (Lipinski definition) is 2. The van der Waals surface area contributed by atoms with Crippen LogP contribution in [-0.2, 0) is 0 Å². The molecule has 3 atom stereocenters. The summed E-state index contributed by atoms with van der Waals surface area (Å²) in [7, 11) is 3.66. The van der Waals surface area contributed by atoms with E-state index in [1.54, 1.807) is 19.2 Å². The summed E-state index contributed by atoms with van der Waals surface area (Å²) in [4.78, 5) is 14.1. The number of aromatic nitrogens is 2. The molecule has 2 bridgehead atoms. The van der Waals surface area contributed by atoms with Gasteiger partial charge in [-0.25, -0.2) is 0 Å². The first-order chi connectivity index (χ1) is 15.2. The van der Waals surface area contributed by atoms with E-state index in [-0.39, 0.29) is 17.4 Å². The maximum atomic E-state index is 11.8. The van der Waals surface area contributed by atoms with Crippen LogP contribution < -0.4 is 10.2 Å². The van der Waals surface area contributed by atoms with Gasteiger partial charge in [-0.2, -0.15) is 0 Å². The second-order valence-electron chi connectivity index (χ2n) is 10.3. The van der Waals surface area contributed by atoms with Crippen LogP contribution in [0.3, 0.4) is 0 Å². The molecule has 168 valence electrons. The monoisotopic (exact) mass is 434 g/mol. The molecule has 0 saturated heterocycles. The molecule has 7 nitrogen and oxygen atoms in total. The summed E-state index contributed by atoms with van der Waals surface area (Å²) in [5, 5.41) is 22.7. The van der Waals surface area contributed by atoms with Gasteiger partial charge in [-0.3, -0.25) is 4.79 Å². The van der Waals surface area contributed by atoms with E-state index in [4.69, 9.17) is 4.42 Å². The Hall–Kier alpha value is -3.09. The van der Waals surface area contributed by atoms with Crippen LogP contribution in [0, 0.1) is 10.8 Å². The third kappa shape index (κ3) is 3.49. The number of rotatable bonds is 4. The minimum atomic E-state index is -0.312. The maximum Gasteiger partial charge on any atom is 0.286 e. The minimum absolute atomic E-state index is 0.0374. The van der Waals surface area contributed by atoms with Crippen LogP contribution in [0.5, 0.6) is 5.75 Å². The first-order valence-corrected chi connectivity index (χ1v) is 11.2. The Balaban J connectivity index is 1.40. The fourth-order valence-electron chi connectivity index (χ4n) is 6.00. The van der Waals surface area contributed by atoms with Crippen molar-refractivity contribution >= 4 is 22.7 Å². The van der Waals surface area contributed by atoms with Crippen molar-refractivity contribution in [1.82, 2.24) is 15.5 Å². The number of anilines is 1. The van der Waals surface area contributed by atoms with Crippen LogP contribution in [0.4, 0.5) is 5.82 Å². The van der Waals surface area contributed by atoms with Crippen LogP contribution in [0.2, 0.25) is 0 Å². The van der Waals surface area contributed by atoms with Gasteiger partial charge in [0.15, 0.2) is 11.6 Å². The highest BCUT2D eigenvalue weighted by molar-refractivity contribution is 5.97. The lowest BCUT2D eigenvalue weighted by molar-refractivity contribution is 0.0937. The lowest BCUT2D eigenvalue weighted by atomic mass is 9.68. The average molecular weight is 435 g/mol. The van der Waals surface area contributed by atoms with Gasteiger partial charge in [-0.15, -0.1) is 10.2 Å². The third-order valence-corrected chi connectivity index (χ3v) is 7.56. The lowest BCUT2D eigenvalue weighted by Crippen LogP contribution is -2.42. The Labute approximate surface area is 187 Å². The quantitative estimate of drug-likeness (QED) is 0.616. The number of carbonyl (C=O) groups is 1. The summed E-state index contributed by atoms with van der Waals surface area (Å²) in [5.41, 5.74) is 2.44. The number of amides is 1. The molecule has 2 aliphatic rings. The number of furan rings is 1. The first-order valence-electron chi connectivity index (χ1n) is 11.2. The number of phenolic OH excluding ortho intramolecular Hbond substituents is 1. The van der Waals surface area contributed by atoms with Crippen LogP contribution in [0.25, 0.3) is 22.2 Å². The molecule has 0 spiro atoms. The van der Waals surface area contributed by atoms with E-state index in [0.29, 0.717) is 33.7 Å². The van der Waals surface area contributed by atoms with Crippen molar-refractivity contribution in [1.29, 1.82) is 0 Å². The van der Waals surface area contributed by atoms with Crippen molar-refractivity contribution in [2.45, 2.75) is 52.0 Å². The van der Waals surface area contributed by atoms with E-state index in [2.05, 4.69) is 41.3 Å². The van der Waals surface area contributed by atoms with E-state index in [0.717, 1.165) is 11.2 Å². The third-order valence-electron chi connectivity index (χ3n) is 7.56. The molecule has 2 fully saturated rings. The molecule has 5 rings (SSSR count). The van der Waals surface area contributed by atoms with Crippen molar-refractivity contribution in [2.24, 2.45) is 10.8 Å². The van der Waals surface area contributed by atoms with Crippen LogP contribution in [-0.4, -0.2) is 41.3 Å². The molecule has 0 radical (unpaired) electrons. The zero-order valence-corrected chi connectivity index (χ0v) is 19.1.